The molecule has 8 nitrogen and oxygen atoms in total. The predicted molar refractivity (Wildman–Crippen MR) is 117 cm³/mol. The molecule has 1 amide bonds. The average molecular weight is 444 g/mol. The molecule has 3 heterocycles. The van der Waals surface area contributed by atoms with Crippen LogP contribution in [0, 0.1) is 5.82 Å². The highest BCUT2D eigenvalue weighted by Crippen LogP contribution is 2.33. The van der Waals surface area contributed by atoms with Crippen molar-refractivity contribution in [1.82, 2.24) is 24.8 Å². The number of piperidine rings is 1. The van der Waals surface area contributed by atoms with Crippen LogP contribution in [0.15, 0.2) is 22.7 Å². The Morgan fingerprint density at radius 3 is 2.72 bits per heavy atom. The first kappa shape index (κ1) is 22.2. The van der Waals surface area contributed by atoms with Crippen LogP contribution >= 0.6 is 0 Å². The lowest BCUT2D eigenvalue weighted by Crippen LogP contribution is -2.46. The summed E-state index contributed by atoms with van der Waals surface area (Å²) in [6.07, 6.45) is 1.04. The average Bonchev–Trinajstić information content (AvgIpc) is 3.32. The van der Waals surface area contributed by atoms with Crippen LogP contribution in [0.1, 0.15) is 77.8 Å². The van der Waals surface area contributed by atoms with Gasteiger partial charge in [-0.05, 0) is 57.7 Å². The van der Waals surface area contributed by atoms with Crippen molar-refractivity contribution in [3.05, 3.63) is 35.6 Å². The molecule has 0 aliphatic carbocycles. The zero-order valence-corrected chi connectivity index (χ0v) is 19.4. The fraction of sp³-hybridized carbons (Fsp3) is 0.565. The van der Waals surface area contributed by atoms with Crippen LogP contribution in [0.4, 0.5) is 9.18 Å². The van der Waals surface area contributed by atoms with Gasteiger partial charge in [-0.3, -0.25) is 0 Å². The molecule has 2 atom stereocenters. The van der Waals surface area contributed by atoms with Gasteiger partial charge in [-0.15, -0.1) is 0 Å². The van der Waals surface area contributed by atoms with Gasteiger partial charge in [-0.2, -0.15) is 14.8 Å². The van der Waals surface area contributed by atoms with Gasteiger partial charge in [0, 0.05) is 23.9 Å². The van der Waals surface area contributed by atoms with E-state index in [4.69, 9.17) is 9.26 Å². The van der Waals surface area contributed by atoms with E-state index < -0.39 is 5.60 Å². The first-order valence-corrected chi connectivity index (χ1v) is 11.1. The van der Waals surface area contributed by atoms with Crippen molar-refractivity contribution >= 4 is 17.0 Å². The number of halogens is 1. The number of ether oxygens (including phenoxy) is 1. The summed E-state index contributed by atoms with van der Waals surface area (Å²) >= 11 is 0. The number of hydrogen-bond donors (Lipinski definition) is 0. The van der Waals surface area contributed by atoms with E-state index >= 15 is 0 Å². The molecular weight excluding hydrogens is 413 g/mol. The van der Waals surface area contributed by atoms with Crippen LogP contribution in [0.25, 0.3) is 16.9 Å². The number of carbonyl (C=O) groups is 1. The first-order valence-electron chi connectivity index (χ1n) is 11.1. The molecule has 2 aromatic heterocycles. The molecule has 4 rings (SSSR count). The van der Waals surface area contributed by atoms with Gasteiger partial charge in [-0.1, -0.05) is 26.0 Å². The Kier molecular flexibility index (Phi) is 5.68. The van der Waals surface area contributed by atoms with Gasteiger partial charge in [0.05, 0.1) is 5.69 Å². The molecule has 3 aromatic rings. The number of nitrogens with zero attached hydrogens (tertiary/aromatic N) is 5. The number of hydrogen-bond acceptors (Lipinski definition) is 6. The largest absolute Gasteiger partial charge is 0.444 e. The van der Waals surface area contributed by atoms with Crippen molar-refractivity contribution in [1.29, 1.82) is 0 Å². The van der Waals surface area contributed by atoms with Gasteiger partial charge in [0.2, 0.25) is 5.89 Å². The molecule has 172 valence electrons. The number of carbonyl (C=O) groups excluding carboxylic acids is 1. The molecule has 9 heteroatoms. The minimum absolute atomic E-state index is 0.00109. The van der Waals surface area contributed by atoms with Crippen LogP contribution < -0.4 is 0 Å². The molecular formula is C23H30FN5O3. The van der Waals surface area contributed by atoms with E-state index in [9.17, 15) is 9.18 Å². The molecule has 0 bridgehead atoms. The monoisotopic (exact) mass is 443 g/mol. The molecule has 1 aromatic carbocycles. The van der Waals surface area contributed by atoms with E-state index in [-0.39, 0.29) is 35.7 Å². The van der Waals surface area contributed by atoms with E-state index in [0.29, 0.717) is 30.8 Å². The van der Waals surface area contributed by atoms with Crippen LogP contribution in [0.5, 0.6) is 0 Å². The minimum Gasteiger partial charge on any atom is -0.444 e. The topological polar surface area (TPSA) is 86.3 Å². The summed E-state index contributed by atoms with van der Waals surface area (Å²) < 4.78 is 27.2. The van der Waals surface area contributed by atoms with Crippen molar-refractivity contribution in [2.75, 3.05) is 6.54 Å². The molecule has 0 spiro atoms. The Hall–Kier alpha value is -2.97. The SMILES string of the molecule is CC(C)c1nn(-c2noc(C3CCN(C(=O)OC(C)(C)C)C(C)C3)n2)c2c(F)cccc12. The summed E-state index contributed by atoms with van der Waals surface area (Å²) in [7, 11) is 0. The lowest BCUT2D eigenvalue weighted by atomic mass is 9.92. The molecule has 1 saturated heterocycles. The second-order valence-corrected chi connectivity index (χ2v) is 9.76. The number of fused-ring (bicyclic) bond motifs is 1. The second-order valence-electron chi connectivity index (χ2n) is 9.76. The molecule has 0 saturated carbocycles. The Labute approximate surface area is 186 Å². The van der Waals surface area contributed by atoms with Gasteiger partial charge in [0.15, 0.2) is 0 Å². The zero-order valence-electron chi connectivity index (χ0n) is 19.4. The number of rotatable bonds is 3. The third-order valence-corrected chi connectivity index (χ3v) is 5.70. The summed E-state index contributed by atoms with van der Waals surface area (Å²) in [6, 6.07) is 4.90. The second kappa shape index (κ2) is 8.18. The van der Waals surface area contributed by atoms with Crippen LogP contribution in [-0.4, -0.2) is 49.1 Å². The van der Waals surface area contributed by atoms with Crippen LogP contribution in [0.3, 0.4) is 0 Å². The highest BCUT2D eigenvalue weighted by atomic mass is 19.1. The Balaban J connectivity index is 1.57. The lowest BCUT2D eigenvalue weighted by Gasteiger charge is -2.37. The standard InChI is InChI=1S/C23H30FN5O3/c1-13(2)18-16-8-7-9-17(24)19(16)29(26-18)21-25-20(32-27-21)15-10-11-28(14(3)12-15)22(30)31-23(4,5)6/h7-9,13-15H,10-12H2,1-6H3. The smallest absolute Gasteiger partial charge is 0.410 e. The quantitative estimate of drug-likeness (QED) is 0.555. The highest BCUT2D eigenvalue weighted by Gasteiger charge is 2.35. The Bertz CT molecular complexity index is 1130. The third kappa shape index (κ3) is 4.20. The third-order valence-electron chi connectivity index (χ3n) is 5.70. The summed E-state index contributed by atoms with van der Waals surface area (Å²) in [4.78, 5) is 18.8. The van der Waals surface area contributed by atoms with Gasteiger partial charge < -0.3 is 14.2 Å². The van der Waals surface area contributed by atoms with Crippen molar-refractivity contribution in [3.63, 3.8) is 0 Å². The van der Waals surface area contributed by atoms with E-state index in [1.807, 2.05) is 47.6 Å². The normalized spacial score (nSPS) is 19.7. The number of para-hydroxylation sites is 1. The fourth-order valence-corrected chi connectivity index (χ4v) is 4.19. The number of aromatic nitrogens is 4. The number of amides is 1. The van der Waals surface area contributed by atoms with Crippen LogP contribution in [-0.2, 0) is 4.74 Å². The zero-order chi connectivity index (χ0) is 23.2. The molecule has 0 N–H and O–H groups in total. The van der Waals surface area contributed by atoms with Crippen molar-refractivity contribution in [2.24, 2.45) is 0 Å². The fourth-order valence-electron chi connectivity index (χ4n) is 4.19. The lowest BCUT2D eigenvalue weighted by molar-refractivity contribution is 0.00934. The number of likely N-dealkylation sites (tertiary alicyclic amines) is 1. The van der Waals surface area contributed by atoms with Crippen molar-refractivity contribution in [2.45, 2.75) is 77.9 Å². The maximum atomic E-state index is 14.7. The van der Waals surface area contributed by atoms with E-state index in [1.54, 1.807) is 11.0 Å². The first-order chi connectivity index (χ1) is 15.0. The van der Waals surface area contributed by atoms with E-state index in [2.05, 4.69) is 15.2 Å². The maximum absolute atomic E-state index is 14.7. The Morgan fingerprint density at radius 1 is 1.31 bits per heavy atom. The van der Waals surface area contributed by atoms with Gasteiger partial charge in [0.1, 0.15) is 16.9 Å². The molecule has 0 radical (unpaired) electrons. The number of benzene rings is 1. The van der Waals surface area contributed by atoms with Gasteiger partial charge in [0.25, 0.3) is 5.95 Å². The summed E-state index contributed by atoms with van der Waals surface area (Å²) in [5.41, 5.74) is 0.591. The van der Waals surface area contributed by atoms with Gasteiger partial charge >= 0.3 is 6.09 Å². The highest BCUT2D eigenvalue weighted by molar-refractivity contribution is 5.84. The van der Waals surface area contributed by atoms with Crippen LogP contribution in [0.2, 0.25) is 0 Å². The Morgan fingerprint density at radius 2 is 2.06 bits per heavy atom. The molecule has 1 aliphatic rings. The molecule has 1 fully saturated rings. The molecule has 1 aliphatic heterocycles. The van der Waals surface area contributed by atoms with Gasteiger partial charge in [-0.25, -0.2) is 9.18 Å². The maximum Gasteiger partial charge on any atom is 0.410 e. The van der Waals surface area contributed by atoms with E-state index in [0.717, 1.165) is 11.1 Å². The summed E-state index contributed by atoms with van der Waals surface area (Å²) in [5.74, 6) is 0.421. The van der Waals surface area contributed by atoms with E-state index in [1.165, 1.54) is 10.7 Å². The van der Waals surface area contributed by atoms with Crippen molar-refractivity contribution < 1.29 is 18.4 Å². The summed E-state index contributed by atoms with van der Waals surface area (Å²) in [5, 5.41) is 9.42. The predicted octanol–water partition coefficient (Wildman–Crippen LogP) is 5.17. The molecule has 32 heavy (non-hydrogen) atoms. The minimum atomic E-state index is -0.536. The summed E-state index contributed by atoms with van der Waals surface area (Å²) in [6.45, 7) is 12.1. The van der Waals surface area contributed by atoms with Crippen molar-refractivity contribution in [3.8, 4) is 5.95 Å². The molecule has 2 unspecified atom stereocenters.